The maximum atomic E-state index is 9.72. The van der Waals surface area contributed by atoms with E-state index in [4.69, 9.17) is 4.52 Å². The van der Waals surface area contributed by atoms with Gasteiger partial charge >= 0.3 is 0 Å². The molecule has 1 aromatic heterocycles. The Kier molecular flexibility index (Phi) is 3.70. The van der Waals surface area contributed by atoms with Crippen LogP contribution in [0.25, 0.3) is 11.5 Å². The third-order valence-corrected chi connectivity index (χ3v) is 5.75. The topological polar surface area (TPSA) is 59.2 Å². The number of aryl methyl sites for hydroxylation is 1. The fourth-order valence-electron chi connectivity index (χ4n) is 1.86. The van der Waals surface area contributed by atoms with Crippen molar-refractivity contribution in [3.8, 4) is 17.2 Å². The average molecular weight is 294 g/mol. The number of thioether (sulfide) groups is 2. The molecule has 0 amide bonds. The van der Waals surface area contributed by atoms with Gasteiger partial charge in [0.25, 0.3) is 5.89 Å². The van der Waals surface area contributed by atoms with Crippen LogP contribution in [0, 0.1) is 6.92 Å². The molecule has 3 rings (SSSR count). The van der Waals surface area contributed by atoms with E-state index in [0.717, 1.165) is 28.5 Å². The Balaban J connectivity index is 1.85. The van der Waals surface area contributed by atoms with Crippen molar-refractivity contribution in [2.24, 2.45) is 0 Å². The van der Waals surface area contributed by atoms with Crippen LogP contribution in [0.2, 0.25) is 0 Å². The molecular formula is C13H14N2O2S2. The SMILES string of the molecule is Cc1ccc(-c2nc(C3CSCCS3)no2)cc1O. The van der Waals surface area contributed by atoms with E-state index < -0.39 is 0 Å². The molecule has 1 fully saturated rings. The van der Waals surface area contributed by atoms with Crippen LogP contribution < -0.4 is 0 Å². The summed E-state index contributed by atoms with van der Waals surface area (Å²) >= 11 is 3.80. The Bertz CT molecular complexity index is 580. The van der Waals surface area contributed by atoms with Crippen LogP contribution in [0.4, 0.5) is 0 Å². The molecule has 0 spiro atoms. The number of aromatic nitrogens is 2. The largest absolute Gasteiger partial charge is 0.508 e. The van der Waals surface area contributed by atoms with E-state index in [1.807, 2.05) is 42.6 Å². The molecule has 2 aromatic rings. The van der Waals surface area contributed by atoms with Crippen molar-refractivity contribution >= 4 is 23.5 Å². The highest BCUT2D eigenvalue weighted by atomic mass is 32.2. The molecule has 100 valence electrons. The fourth-order valence-corrected chi connectivity index (χ4v) is 4.45. The van der Waals surface area contributed by atoms with Crippen LogP contribution in [-0.2, 0) is 0 Å². The summed E-state index contributed by atoms with van der Waals surface area (Å²) in [6, 6.07) is 5.39. The Hall–Kier alpha value is -1.14. The van der Waals surface area contributed by atoms with Gasteiger partial charge in [-0.3, -0.25) is 0 Å². The first-order chi connectivity index (χ1) is 9.24. The lowest BCUT2D eigenvalue weighted by Gasteiger charge is -2.16. The molecule has 1 N–H and O–H groups in total. The summed E-state index contributed by atoms with van der Waals surface area (Å²) in [6.45, 7) is 1.86. The predicted octanol–water partition coefficient (Wildman–Crippen LogP) is 3.27. The Morgan fingerprint density at radius 1 is 1.37 bits per heavy atom. The number of phenols is 1. The molecule has 0 saturated carbocycles. The quantitative estimate of drug-likeness (QED) is 0.917. The second kappa shape index (κ2) is 5.46. The van der Waals surface area contributed by atoms with Crippen molar-refractivity contribution in [2.45, 2.75) is 12.2 Å². The standard InChI is InChI=1S/C13H14N2O2S2/c1-8-2-3-9(6-10(8)16)13-14-12(15-17-13)11-7-18-4-5-19-11/h2-3,6,11,16H,4-5,7H2,1H3. The maximum absolute atomic E-state index is 9.72. The van der Waals surface area contributed by atoms with Gasteiger partial charge in [0.05, 0.1) is 5.25 Å². The molecule has 1 aliphatic rings. The lowest BCUT2D eigenvalue weighted by atomic mass is 10.1. The number of nitrogens with zero attached hydrogens (tertiary/aromatic N) is 2. The lowest BCUT2D eigenvalue weighted by molar-refractivity contribution is 0.422. The van der Waals surface area contributed by atoms with Gasteiger partial charge in [0.15, 0.2) is 5.82 Å². The van der Waals surface area contributed by atoms with Gasteiger partial charge in [-0.05, 0) is 24.6 Å². The van der Waals surface area contributed by atoms with Gasteiger partial charge in [-0.15, -0.1) is 11.8 Å². The molecule has 1 aliphatic heterocycles. The van der Waals surface area contributed by atoms with Crippen LogP contribution >= 0.6 is 23.5 Å². The molecule has 1 saturated heterocycles. The molecule has 4 nitrogen and oxygen atoms in total. The van der Waals surface area contributed by atoms with Crippen LogP contribution in [0.15, 0.2) is 22.7 Å². The van der Waals surface area contributed by atoms with Crippen LogP contribution in [0.5, 0.6) is 5.75 Å². The number of hydrogen-bond acceptors (Lipinski definition) is 6. The van der Waals surface area contributed by atoms with Crippen LogP contribution in [-0.4, -0.2) is 32.5 Å². The van der Waals surface area contributed by atoms with Crippen LogP contribution in [0.3, 0.4) is 0 Å². The minimum Gasteiger partial charge on any atom is -0.508 e. The molecule has 1 atom stereocenters. The van der Waals surface area contributed by atoms with Crippen molar-refractivity contribution < 1.29 is 9.63 Å². The van der Waals surface area contributed by atoms with E-state index in [9.17, 15) is 5.11 Å². The summed E-state index contributed by atoms with van der Waals surface area (Å²) in [5.41, 5.74) is 1.60. The summed E-state index contributed by atoms with van der Waals surface area (Å²) in [7, 11) is 0. The highest BCUT2D eigenvalue weighted by molar-refractivity contribution is 8.06. The molecule has 2 heterocycles. The first kappa shape index (κ1) is 12.9. The Morgan fingerprint density at radius 3 is 3.00 bits per heavy atom. The summed E-state index contributed by atoms with van der Waals surface area (Å²) in [6.07, 6.45) is 0. The second-order valence-corrected chi connectivity index (χ2v) is 6.85. The number of hydrogen-bond donors (Lipinski definition) is 1. The Morgan fingerprint density at radius 2 is 2.26 bits per heavy atom. The summed E-state index contributed by atoms with van der Waals surface area (Å²) in [5, 5.41) is 14.1. The number of rotatable bonds is 2. The van der Waals surface area contributed by atoms with E-state index in [-0.39, 0.29) is 5.75 Å². The highest BCUT2D eigenvalue weighted by Gasteiger charge is 2.22. The maximum Gasteiger partial charge on any atom is 0.258 e. The van der Waals surface area contributed by atoms with Gasteiger partial charge in [-0.2, -0.15) is 16.7 Å². The third kappa shape index (κ3) is 2.74. The van der Waals surface area contributed by atoms with Gasteiger partial charge in [0.2, 0.25) is 0 Å². The molecule has 0 aliphatic carbocycles. The first-order valence-corrected chi connectivity index (χ1v) is 8.27. The van der Waals surface area contributed by atoms with Crippen molar-refractivity contribution in [1.82, 2.24) is 10.1 Å². The van der Waals surface area contributed by atoms with Crippen molar-refractivity contribution in [2.75, 3.05) is 17.3 Å². The molecule has 0 radical (unpaired) electrons. The molecule has 6 heteroatoms. The summed E-state index contributed by atoms with van der Waals surface area (Å²) < 4.78 is 5.30. The molecular weight excluding hydrogens is 280 g/mol. The lowest BCUT2D eigenvalue weighted by Crippen LogP contribution is -2.07. The van der Waals surface area contributed by atoms with Crippen molar-refractivity contribution in [3.05, 3.63) is 29.6 Å². The van der Waals surface area contributed by atoms with Gasteiger partial charge in [-0.1, -0.05) is 11.2 Å². The summed E-state index contributed by atoms with van der Waals surface area (Å²) in [5.74, 6) is 4.83. The highest BCUT2D eigenvalue weighted by Crippen LogP contribution is 2.36. The number of benzene rings is 1. The third-order valence-electron chi connectivity index (χ3n) is 3.00. The predicted molar refractivity (Wildman–Crippen MR) is 78.7 cm³/mol. The zero-order valence-electron chi connectivity index (χ0n) is 10.5. The summed E-state index contributed by atoms with van der Waals surface area (Å²) in [4.78, 5) is 4.45. The van der Waals surface area contributed by atoms with E-state index in [1.165, 1.54) is 5.75 Å². The molecule has 1 aromatic carbocycles. The molecule has 0 bridgehead atoms. The fraction of sp³-hybridized carbons (Fsp3) is 0.385. The van der Waals surface area contributed by atoms with E-state index >= 15 is 0 Å². The van der Waals surface area contributed by atoms with Gasteiger partial charge in [-0.25, -0.2) is 0 Å². The average Bonchev–Trinajstić information content (AvgIpc) is 2.93. The van der Waals surface area contributed by atoms with Gasteiger partial charge < -0.3 is 9.63 Å². The van der Waals surface area contributed by atoms with Gasteiger partial charge in [0, 0.05) is 22.8 Å². The van der Waals surface area contributed by atoms with Gasteiger partial charge in [0.1, 0.15) is 5.75 Å². The molecule has 19 heavy (non-hydrogen) atoms. The van der Waals surface area contributed by atoms with Crippen LogP contribution in [0.1, 0.15) is 16.6 Å². The minimum atomic E-state index is 0.250. The van der Waals surface area contributed by atoms with E-state index in [2.05, 4.69) is 10.1 Å². The van der Waals surface area contributed by atoms with Crippen molar-refractivity contribution in [1.29, 1.82) is 0 Å². The smallest absolute Gasteiger partial charge is 0.258 e. The zero-order chi connectivity index (χ0) is 13.2. The second-order valence-electron chi connectivity index (χ2n) is 4.39. The Labute approximate surface area is 120 Å². The van der Waals surface area contributed by atoms with Crippen molar-refractivity contribution in [3.63, 3.8) is 0 Å². The van der Waals surface area contributed by atoms with E-state index in [0.29, 0.717) is 11.1 Å². The normalized spacial score (nSPS) is 19.5. The minimum absolute atomic E-state index is 0.250. The van der Waals surface area contributed by atoms with E-state index in [1.54, 1.807) is 6.07 Å². The monoisotopic (exact) mass is 294 g/mol. The molecule has 1 unspecified atom stereocenters. The number of phenolic OH excluding ortho intramolecular Hbond substituents is 1. The first-order valence-electron chi connectivity index (χ1n) is 6.07. The number of aromatic hydroxyl groups is 1. The zero-order valence-corrected chi connectivity index (χ0v) is 12.1.